The number of nitrogens with one attached hydrogen (secondary N) is 2. The van der Waals surface area contributed by atoms with Crippen molar-refractivity contribution in [2.45, 2.75) is 63.1 Å². The Kier molecular flexibility index (Phi) is 5.27. The van der Waals surface area contributed by atoms with E-state index in [9.17, 15) is 4.79 Å². The first-order chi connectivity index (χ1) is 10.6. The number of fused-ring (bicyclic) bond motifs is 2. The average molecular weight is 341 g/mol. The van der Waals surface area contributed by atoms with Crippen molar-refractivity contribution in [3.63, 3.8) is 0 Å². The summed E-state index contributed by atoms with van der Waals surface area (Å²) in [6, 6.07) is 7.24. The third-order valence-electron chi connectivity index (χ3n) is 4.69. The van der Waals surface area contributed by atoms with Crippen LogP contribution in [0.1, 0.15) is 44.1 Å². The van der Waals surface area contributed by atoms with Gasteiger partial charge in [0.05, 0.1) is 10.0 Å². The second-order valence-electron chi connectivity index (χ2n) is 6.48. The second kappa shape index (κ2) is 7.20. The molecule has 2 aliphatic rings. The Morgan fingerprint density at radius 1 is 1.18 bits per heavy atom. The summed E-state index contributed by atoms with van der Waals surface area (Å²) in [5.41, 5.74) is 1.13. The van der Waals surface area contributed by atoms with E-state index in [1.54, 1.807) is 0 Å². The summed E-state index contributed by atoms with van der Waals surface area (Å²) >= 11 is 11.9. The lowest BCUT2D eigenvalue weighted by atomic mass is 9.99. The molecule has 2 aliphatic heterocycles. The second-order valence-corrected chi connectivity index (χ2v) is 7.29. The average Bonchev–Trinajstić information content (AvgIpc) is 2.82. The number of hydrogen-bond donors (Lipinski definition) is 2. The molecule has 1 aromatic rings. The maximum absolute atomic E-state index is 12.1. The molecular weight excluding hydrogens is 319 g/mol. The molecule has 2 unspecified atom stereocenters. The first-order valence-electron chi connectivity index (χ1n) is 8.09. The van der Waals surface area contributed by atoms with Crippen LogP contribution in [-0.4, -0.2) is 24.0 Å². The molecule has 0 radical (unpaired) electrons. The zero-order valence-corrected chi connectivity index (χ0v) is 14.1. The van der Waals surface area contributed by atoms with Crippen molar-refractivity contribution in [2.24, 2.45) is 0 Å². The van der Waals surface area contributed by atoms with Crippen molar-refractivity contribution in [1.29, 1.82) is 0 Å². The highest BCUT2D eigenvalue weighted by atomic mass is 35.5. The van der Waals surface area contributed by atoms with Gasteiger partial charge in [0.25, 0.3) is 0 Å². The van der Waals surface area contributed by atoms with Crippen molar-refractivity contribution >= 4 is 29.1 Å². The molecule has 0 aliphatic carbocycles. The number of benzene rings is 1. The van der Waals surface area contributed by atoms with E-state index in [4.69, 9.17) is 23.2 Å². The Morgan fingerprint density at radius 3 is 2.59 bits per heavy atom. The zero-order valence-electron chi connectivity index (χ0n) is 12.6. The lowest BCUT2D eigenvalue weighted by Gasteiger charge is -2.29. The van der Waals surface area contributed by atoms with Crippen LogP contribution in [0.15, 0.2) is 18.2 Å². The summed E-state index contributed by atoms with van der Waals surface area (Å²) in [7, 11) is 0. The molecule has 2 N–H and O–H groups in total. The standard InChI is InChI=1S/C17H22Cl2N2O/c18-15-7-4-11(8-16(15)19)2-1-3-17(22)21-14-9-12-5-6-13(10-14)20-12/h4,7-8,12-14,20H,1-3,5-6,9-10H2,(H,21,22). The van der Waals surface area contributed by atoms with Gasteiger partial charge in [0, 0.05) is 24.5 Å². The molecule has 2 saturated heterocycles. The number of rotatable bonds is 5. The number of carbonyl (C=O) groups is 1. The molecule has 0 spiro atoms. The molecular formula is C17H22Cl2N2O. The van der Waals surface area contributed by atoms with Crippen molar-refractivity contribution < 1.29 is 4.79 Å². The van der Waals surface area contributed by atoms with Gasteiger partial charge in [0.2, 0.25) is 5.91 Å². The van der Waals surface area contributed by atoms with Crippen LogP contribution >= 0.6 is 23.2 Å². The Hall–Kier alpha value is -0.770. The molecule has 22 heavy (non-hydrogen) atoms. The summed E-state index contributed by atoms with van der Waals surface area (Å²) in [6.45, 7) is 0. The topological polar surface area (TPSA) is 41.1 Å². The van der Waals surface area contributed by atoms with Crippen molar-refractivity contribution in [3.05, 3.63) is 33.8 Å². The summed E-state index contributed by atoms with van der Waals surface area (Å²) < 4.78 is 0. The molecule has 0 aromatic heterocycles. The molecule has 3 nitrogen and oxygen atoms in total. The summed E-state index contributed by atoms with van der Waals surface area (Å²) in [5.74, 6) is 0.173. The Morgan fingerprint density at radius 2 is 1.91 bits per heavy atom. The third kappa shape index (κ3) is 4.15. The fourth-order valence-electron chi connectivity index (χ4n) is 3.62. The van der Waals surface area contributed by atoms with Gasteiger partial charge in [-0.3, -0.25) is 4.79 Å². The molecule has 1 amide bonds. The van der Waals surface area contributed by atoms with E-state index in [0.717, 1.165) is 31.2 Å². The van der Waals surface area contributed by atoms with Crippen LogP contribution < -0.4 is 10.6 Å². The Bertz CT molecular complexity index is 537. The number of carbonyl (C=O) groups excluding carboxylic acids is 1. The minimum Gasteiger partial charge on any atom is -0.353 e. The van der Waals surface area contributed by atoms with Gasteiger partial charge in [-0.15, -0.1) is 0 Å². The van der Waals surface area contributed by atoms with Crippen molar-refractivity contribution in [1.82, 2.24) is 10.6 Å². The number of hydrogen-bond acceptors (Lipinski definition) is 2. The SMILES string of the molecule is O=C(CCCc1ccc(Cl)c(Cl)c1)NC1CC2CCC(C1)N2. The van der Waals surface area contributed by atoms with Gasteiger partial charge in [-0.05, 0) is 56.2 Å². The number of halogens is 2. The molecule has 5 heteroatoms. The highest BCUT2D eigenvalue weighted by Crippen LogP contribution is 2.27. The normalized spacial score (nSPS) is 26.9. The monoisotopic (exact) mass is 340 g/mol. The molecule has 120 valence electrons. The van der Waals surface area contributed by atoms with Crippen LogP contribution in [-0.2, 0) is 11.2 Å². The Labute approximate surface area is 141 Å². The van der Waals surface area contributed by atoms with E-state index in [2.05, 4.69) is 10.6 Å². The lowest BCUT2D eigenvalue weighted by Crippen LogP contribution is -2.48. The van der Waals surface area contributed by atoms with Gasteiger partial charge >= 0.3 is 0 Å². The maximum atomic E-state index is 12.1. The van der Waals surface area contributed by atoms with E-state index in [1.807, 2.05) is 18.2 Å². The fraction of sp³-hybridized carbons (Fsp3) is 0.588. The smallest absolute Gasteiger partial charge is 0.220 e. The van der Waals surface area contributed by atoms with Gasteiger partial charge in [0.1, 0.15) is 0 Å². The summed E-state index contributed by atoms with van der Waals surface area (Å²) in [5, 5.41) is 7.94. The van der Waals surface area contributed by atoms with E-state index >= 15 is 0 Å². The molecule has 2 bridgehead atoms. The quantitative estimate of drug-likeness (QED) is 0.857. The first-order valence-corrected chi connectivity index (χ1v) is 8.85. The van der Waals surface area contributed by atoms with Gasteiger partial charge in [-0.25, -0.2) is 0 Å². The largest absolute Gasteiger partial charge is 0.353 e. The van der Waals surface area contributed by atoms with Crippen LogP contribution in [0, 0.1) is 0 Å². The van der Waals surface area contributed by atoms with Gasteiger partial charge in [-0.2, -0.15) is 0 Å². The van der Waals surface area contributed by atoms with E-state index in [-0.39, 0.29) is 5.91 Å². The molecule has 2 heterocycles. The minimum absolute atomic E-state index is 0.173. The van der Waals surface area contributed by atoms with Gasteiger partial charge < -0.3 is 10.6 Å². The van der Waals surface area contributed by atoms with Gasteiger partial charge in [-0.1, -0.05) is 29.3 Å². The van der Waals surface area contributed by atoms with E-state index in [1.165, 1.54) is 12.8 Å². The Balaban J connectivity index is 1.40. The number of piperidine rings is 1. The fourth-order valence-corrected chi connectivity index (χ4v) is 3.94. The van der Waals surface area contributed by atoms with Crippen LogP contribution in [0.5, 0.6) is 0 Å². The minimum atomic E-state index is 0.173. The summed E-state index contributed by atoms with van der Waals surface area (Å²) in [6.07, 6.45) is 6.93. The van der Waals surface area contributed by atoms with E-state index < -0.39 is 0 Å². The van der Waals surface area contributed by atoms with Crippen molar-refractivity contribution in [2.75, 3.05) is 0 Å². The molecule has 1 aromatic carbocycles. The molecule has 0 saturated carbocycles. The predicted octanol–water partition coefficient (Wildman–Crippen LogP) is 3.72. The highest BCUT2D eigenvalue weighted by Gasteiger charge is 2.33. The van der Waals surface area contributed by atoms with E-state index in [0.29, 0.717) is 34.6 Å². The van der Waals surface area contributed by atoms with Crippen LogP contribution in [0.3, 0.4) is 0 Å². The zero-order chi connectivity index (χ0) is 15.5. The predicted molar refractivity (Wildman–Crippen MR) is 90.5 cm³/mol. The van der Waals surface area contributed by atoms with Gasteiger partial charge in [0.15, 0.2) is 0 Å². The highest BCUT2D eigenvalue weighted by molar-refractivity contribution is 6.42. The molecule has 2 atom stereocenters. The maximum Gasteiger partial charge on any atom is 0.220 e. The van der Waals surface area contributed by atoms with Crippen LogP contribution in [0.25, 0.3) is 0 Å². The molecule has 3 rings (SSSR count). The first kappa shape index (κ1) is 16.1. The van der Waals surface area contributed by atoms with Crippen LogP contribution in [0.2, 0.25) is 10.0 Å². The summed E-state index contributed by atoms with van der Waals surface area (Å²) in [4.78, 5) is 12.1. The van der Waals surface area contributed by atoms with Crippen molar-refractivity contribution in [3.8, 4) is 0 Å². The lowest BCUT2D eigenvalue weighted by molar-refractivity contribution is -0.122. The third-order valence-corrected chi connectivity index (χ3v) is 5.43. The number of amides is 1. The van der Waals surface area contributed by atoms with Crippen LogP contribution in [0.4, 0.5) is 0 Å². The number of aryl methyl sites for hydroxylation is 1. The molecule has 2 fully saturated rings.